The Morgan fingerprint density at radius 2 is 0.867 bits per heavy atom. The number of halogens is 4. The molecule has 1 N–H and O–H groups in total. The van der Waals surface area contributed by atoms with Crippen LogP contribution in [-0.2, 0) is 35.2 Å². The Labute approximate surface area is 647 Å². The molecule has 4 aliphatic rings. The molecule has 540 valence electrons. The second-order valence-electron chi connectivity index (χ2n) is 24.6. The first kappa shape index (κ1) is 81.1. The first-order valence-corrected chi connectivity index (χ1v) is 45.7. The van der Waals surface area contributed by atoms with Gasteiger partial charge in [-0.25, -0.2) is 0 Å². The number of methoxy groups -OCH3 is 10. The number of rotatable bonds is 14. The van der Waals surface area contributed by atoms with E-state index < -0.39 is 30.2 Å². The van der Waals surface area contributed by atoms with Crippen LogP contribution in [0.15, 0.2) is 130 Å². The number of Topliss-reactive ketones (excluding diaryl/α,β-unsaturated/α-hetero) is 2. The molecule has 2 unspecified atom stereocenters. The van der Waals surface area contributed by atoms with E-state index >= 15 is 0 Å². The molecule has 2 atom stereocenters. The Morgan fingerprint density at radius 1 is 0.486 bits per heavy atom. The van der Waals surface area contributed by atoms with Crippen molar-refractivity contribution in [1.29, 1.82) is 21.0 Å². The number of esters is 1. The minimum absolute atomic E-state index is 0.0168. The molecule has 0 spiro atoms. The minimum atomic E-state index is -2.30. The molecule has 1 aromatic heterocycles. The molecule has 4 aliphatic carbocycles. The Bertz CT molecular complexity index is 4880. The van der Waals surface area contributed by atoms with Gasteiger partial charge >= 0.3 is 110 Å². The summed E-state index contributed by atoms with van der Waals surface area (Å²) in [5.74, 6) is 6.84. The summed E-state index contributed by atoms with van der Waals surface area (Å²) in [5, 5.41) is 47.6. The van der Waals surface area contributed by atoms with Crippen molar-refractivity contribution in [3.63, 3.8) is 0 Å². The molecule has 13 rings (SSSR count). The number of nitriles is 4. The number of furan rings is 1. The van der Waals surface area contributed by atoms with Crippen molar-refractivity contribution in [3.8, 4) is 98.8 Å². The van der Waals surface area contributed by atoms with Crippen LogP contribution in [0.3, 0.4) is 0 Å². The third-order valence-electron chi connectivity index (χ3n) is 17.4. The Balaban J connectivity index is 0.000000165. The van der Waals surface area contributed by atoms with E-state index in [1.165, 1.54) is 45.0 Å². The Morgan fingerprint density at radius 3 is 1.26 bits per heavy atom. The van der Waals surface area contributed by atoms with E-state index in [9.17, 15) is 35.3 Å². The molecule has 8 aromatic carbocycles. The van der Waals surface area contributed by atoms with Gasteiger partial charge in [0.2, 0.25) is 0 Å². The number of carbonyl (C=O) groups excluding carboxylic acids is 3. The summed E-state index contributed by atoms with van der Waals surface area (Å²) in [7, 11) is 15.8. The van der Waals surface area contributed by atoms with Gasteiger partial charge in [-0.2, -0.15) is 15.8 Å². The maximum atomic E-state index is 12.8. The van der Waals surface area contributed by atoms with Gasteiger partial charge in [0.15, 0.2) is 17.1 Å². The number of allylic oxidation sites excluding steroid dienone is 1. The van der Waals surface area contributed by atoms with Gasteiger partial charge in [-0.15, -0.1) is 47.3 Å². The predicted octanol–water partition coefficient (Wildman–Crippen LogP) is 17.0. The molecule has 0 saturated carbocycles. The molecule has 9 aromatic rings. The molecule has 1 heterocycles. The molecule has 0 fully saturated rings. The molecule has 26 heteroatoms. The maximum Gasteiger partial charge on any atom is 0.308 e. The van der Waals surface area contributed by atoms with Gasteiger partial charge in [-0.05, 0) is 126 Å². The first-order valence-electron chi connectivity index (χ1n) is 32.2. The van der Waals surface area contributed by atoms with Gasteiger partial charge in [-0.1, -0.05) is 15.9 Å². The van der Waals surface area contributed by atoms with Crippen molar-refractivity contribution >= 4 is 123 Å². The number of ether oxygens (including phenoxy) is 11. The first-order chi connectivity index (χ1) is 50.2. The number of phenolic OH excluding ortho intramolecular Hbond substituents is 1. The summed E-state index contributed by atoms with van der Waals surface area (Å²) in [6.45, 7) is 1.40. The molecule has 0 aliphatic heterocycles. The second-order valence-corrected chi connectivity index (χ2v) is 46.4. The summed E-state index contributed by atoms with van der Waals surface area (Å²) in [6.07, 6.45) is 2.53. The van der Waals surface area contributed by atoms with Crippen LogP contribution >= 0.6 is 63.2 Å². The molecule has 105 heavy (non-hydrogen) atoms. The van der Waals surface area contributed by atoms with Crippen LogP contribution in [-0.4, -0.2) is 115 Å². The average Bonchev–Trinajstić information content (AvgIpc) is 1.59. The Hall–Kier alpha value is -9.61. The normalized spacial score (nSPS) is 13.5. The number of hydrogen-bond donors (Lipinski definition) is 1. The number of benzene rings is 8. The van der Waals surface area contributed by atoms with Crippen molar-refractivity contribution in [2.45, 2.75) is 59.3 Å². The molecule has 0 saturated heterocycles. The smallest absolute Gasteiger partial charge is 0.308 e. The SMILES string of the molecule is BrB(Br)Br.COc1cc(C#N)c(OC)[c]([Sn]([CH3])([CH3])[CH3])c1.COc1ccc2c(c1)CC(Br)=C2OC(C)=O.COc1ccc2c(c1)CC(c1cc(OC)cc(C#N)c1OC)C2=O.COc1ccc2c(c1)CC(c1cc(OC)cc(C#N)c1OC)C2=O.COc1ccc2c(c1)Cc1c-2oc2c(C#N)cc(O)cc12. The van der Waals surface area contributed by atoms with E-state index in [2.05, 4.69) is 102 Å². The quantitative estimate of drug-likeness (QED) is 0.0782. The zero-order valence-corrected chi connectivity index (χ0v) is 69.2. The largest absolute Gasteiger partial charge is 0.508 e. The van der Waals surface area contributed by atoms with Gasteiger partial charge in [-0.3, -0.25) is 14.4 Å². The fourth-order valence-corrected chi connectivity index (χ4v) is 17.5. The predicted molar refractivity (Wildman–Crippen MR) is 418 cm³/mol. The average molecular weight is 1780 g/mol. The standard InChI is InChI=1S/2C19H17NO4.C17H11NO3.C12H11BrO3.C9H8NO2.3CH3.BBr3.Sn/c2*1-22-13-4-5-15-11(6-13)8-16(18(15)21)17-9-14(23-2)7-12(10-20)19(17)24-3;1-20-12-2-3-13-9(5-12)6-14-15-7-11(19)4-10(8-18)16(15)21-17(13)14;1-7(14)16-12-10-4-3-9(15-2)5-8(10)6-11(12)13;1-11-8-3-4-9(12-2)7(5-8)6-10;;;;2-1(3)4;/h2*4-7,9,16H,8H2,1-3H3;2-5,7,19H,6H2,1H3;3-5H,6H2,1-2H3;3,5H,1-2H3;3*1H3;;. The van der Waals surface area contributed by atoms with Crippen LogP contribution in [0, 0.1) is 45.3 Å². The number of aromatic hydroxyl groups is 1. The fourth-order valence-electron chi connectivity index (χ4n) is 12.6. The van der Waals surface area contributed by atoms with Gasteiger partial charge in [0, 0.05) is 86.8 Å². The summed E-state index contributed by atoms with van der Waals surface area (Å²) in [4.78, 5) is 43.5. The van der Waals surface area contributed by atoms with Crippen molar-refractivity contribution in [1.82, 2.24) is 0 Å². The molecular weight excluding hydrogens is 1710 g/mol. The third-order valence-corrected chi connectivity index (χ3v) is 23.8. The Kier molecular flexibility index (Phi) is 28.1. The van der Waals surface area contributed by atoms with Gasteiger partial charge < -0.3 is 52.2 Å². The molecular formula is C79H73BBr4N4O16Sn. The van der Waals surface area contributed by atoms with E-state index in [-0.39, 0.29) is 26.5 Å². The number of nitrogens with zero attached hydrogens (tertiary/aromatic N) is 4. The molecule has 0 bridgehead atoms. The van der Waals surface area contributed by atoms with E-state index in [0.29, 0.717) is 98.1 Å². The summed E-state index contributed by atoms with van der Waals surface area (Å²) >= 11 is 10.4. The second kappa shape index (κ2) is 36.4. The van der Waals surface area contributed by atoms with Crippen LogP contribution < -0.4 is 50.9 Å². The maximum absolute atomic E-state index is 12.8. The molecule has 0 amide bonds. The zero-order chi connectivity index (χ0) is 76.7. The van der Waals surface area contributed by atoms with Crippen LogP contribution in [0.5, 0.6) is 63.2 Å². The van der Waals surface area contributed by atoms with Crippen LogP contribution in [0.25, 0.3) is 28.1 Å². The van der Waals surface area contributed by atoms with Crippen LogP contribution in [0.2, 0.25) is 14.8 Å². The number of ketones is 2. The van der Waals surface area contributed by atoms with E-state index in [0.717, 1.165) is 95.5 Å². The van der Waals surface area contributed by atoms with Crippen molar-refractivity contribution in [2.75, 3.05) is 71.1 Å². The van der Waals surface area contributed by atoms with E-state index in [1.807, 2.05) is 54.6 Å². The number of phenols is 1. The summed E-state index contributed by atoms with van der Waals surface area (Å²) in [5.41, 5.74) is 12.0. The van der Waals surface area contributed by atoms with Crippen molar-refractivity contribution < 1.29 is 76.0 Å². The third kappa shape index (κ3) is 18.6. The minimum Gasteiger partial charge on any atom is -0.508 e. The van der Waals surface area contributed by atoms with E-state index in [4.69, 9.17) is 61.8 Å². The number of fused-ring (bicyclic) bond motifs is 8. The van der Waals surface area contributed by atoms with Gasteiger partial charge in [0.25, 0.3) is 0 Å². The fraction of sp³-hybridized carbons (Fsp3) is 0.253. The molecule has 0 radical (unpaired) electrons. The zero-order valence-electron chi connectivity index (χ0n) is 60.0. The van der Waals surface area contributed by atoms with Crippen molar-refractivity contribution in [3.05, 3.63) is 204 Å². The summed E-state index contributed by atoms with van der Waals surface area (Å²) in [6, 6.07) is 44.5. The van der Waals surface area contributed by atoms with Gasteiger partial charge in [0.1, 0.15) is 81.5 Å². The van der Waals surface area contributed by atoms with Crippen LogP contribution in [0.1, 0.15) is 106 Å². The monoisotopic (exact) mass is 1780 g/mol. The van der Waals surface area contributed by atoms with E-state index in [1.54, 1.807) is 103 Å². The molecule has 20 nitrogen and oxygen atoms in total. The number of carbonyl (C=O) groups is 3. The topological polar surface area (TPSA) is 281 Å². The summed E-state index contributed by atoms with van der Waals surface area (Å²) < 4.78 is 66.3. The van der Waals surface area contributed by atoms with Gasteiger partial charge in [0.05, 0.1) is 85.4 Å². The van der Waals surface area contributed by atoms with Crippen molar-refractivity contribution in [2.24, 2.45) is 0 Å². The number of hydrogen-bond acceptors (Lipinski definition) is 20. The van der Waals surface area contributed by atoms with Crippen LogP contribution in [0.4, 0.5) is 0 Å².